The van der Waals surface area contributed by atoms with Crippen LogP contribution in [-0.2, 0) is 6.18 Å². The van der Waals surface area contributed by atoms with E-state index in [9.17, 15) is 18.0 Å². The van der Waals surface area contributed by atoms with Crippen molar-refractivity contribution in [2.75, 3.05) is 11.9 Å². The van der Waals surface area contributed by atoms with E-state index in [0.717, 1.165) is 18.9 Å². The van der Waals surface area contributed by atoms with Crippen molar-refractivity contribution in [2.24, 2.45) is 0 Å². The van der Waals surface area contributed by atoms with Crippen molar-refractivity contribution in [3.8, 4) is 0 Å². The predicted molar refractivity (Wildman–Crippen MR) is 69.3 cm³/mol. The summed E-state index contributed by atoms with van der Waals surface area (Å²) in [5, 5.41) is 0.559. The number of carbonyl (C=O) groups is 1. The van der Waals surface area contributed by atoms with Gasteiger partial charge in [0.2, 0.25) is 0 Å². The summed E-state index contributed by atoms with van der Waals surface area (Å²) >= 11 is 3.23. The van der Waals surface area contributed by atoms with E-state index in [1.165, 1.54) is 23.1 Å². The van der Waals surface area contributed by atoms with Gasteiger partial charge in [0.15, 0.2) is 0 Å². The Labute approximate surface area is 117 Å². The lowest BCUT2D eigenvalue weighted by atomic mass is 10.1. The van der Waals surface area contributed by atoms with Gasteiger partial charge in [-0.2, -0.15) is 13.2 Å². The molecular weight excluding hydrogens is 323 g/mol. The largest absolute Gasteiger partial charge is 0.417 e. The molecule has 104 valence electrons. The Morgan fingerprint density at radius 2 is 1.95 bits per heavy atom. The second-order valence-corrected chi connectivity index (χ2v) is 5.26. The van der Waals surface area contributed by atoms with E-state index >= 15 is 0 Å². The standard InChI is InChI=1S/C13H13BrF3NO/c14-7-8-18(9-5-6-9)12(19)10-3-1-2-4-11(10)13(15,16)17/h1-4,9H,5-8H2. The number of alkyl halides is 4. The van der Waals surface area contributed by atoms with Crippen LogP contribution < -0.4 is 0 Å². The first kappa shape index (κ1) is 14.4. The molecule has 0 radical (unpaired) electrons. The average Bonchev–Trinajstić information content (AvgIpc) is 3.18. The number of halogens is 4. The number of rotatable bonds is 4. The lowest BCUT2D eigenvalue weighted by molar-refractivity contribution is -0.138. The zero-order valence-electron chi connectivity index (χ0n) is 10.1. The molecule has 0 aromatic heterocycles. The van der Waals surface area contributed by atoms with Gasteiger partial charge >= 0.3 is 6.18 Å². The molecule has 0 aliphatic heterocycles. The Balaban J connectivity index is 2.32. The highest BCUT2D eigenvalue weighted by atomic mass is 79.9. The summed E-state index contributed by atoms with van der Waals surface area (Å²) in [4.78, 5) is 13.8. The lowest BCUT2D eigenvalue weighted by Gasteiger charge is -2.23. The van der Waals surface area contributed by atoms with Crippen molar-refractivity contribution in [2.45, 2.75) is 25.1 Å². The van der Waals surface area contributed by atoms with Crippen LogP contribution in [0.5, 0.6) is 0 Å². The van der Waals surface area contributed by atoms with E-state index in [4.69, 9.17) is 0 Å². The molecule has 2 nitrogen and oxygen atoms in total. The summed E-state index contributed by atoms with van der Waals surface area (Å²) in [6.07, 6.45) is -2.77. The number of carbonyl (C=O) groups excluding carboxylic acids is 1. The van der Waals surface area contributed by atoms with Crippen molar-refractivity contribution in [3.05, 3.63) is 35.4 Å². The van der Waals surface area contributed by atoms with Gasteiger partial charge in [0.25, 0.3) is 5.91 Å². The molecule has 0 bridgehead atoms. The van der Waals surface area contributed by atoms with E-state index in [-0.39, 0.29) is 11.6 Å². The number of nitrogens with zero attached hydrogens (tertiary/aromatic N) is 1. The molecule has 2 rings (SSSR count). The maximum atomic E-state index is 12.9. The zero-order valence-corrected chi connectivity index (χ0v) is 11.7. The third kappa shape index (κ3) is 3.29. The Kier molecular flexibility index (Phi) is 4.18. The predicted octanol–water partition coefficient (Wildman–Crippen LogP) is 3.70. The molecule has 1 aliphatic rings. The summed E-state index contributed by atoms with van der Waals surface area (Å²) < 4.78 is 38.7. The van der Waals surface area contributed by atoms with Gasteiger partial charge in [-0.05, 0) is 25.0 Å². The second-order valence-electron chi connectivity index (χ2n) is 4.46. The quantitative estimate of drug-likeness (QED) is 0.768. The number of hydrogen-bond donors (Lipinski definition) is 0. The van der Waals surface area contributed by atoms with Crippen LogP contribution in [0.25, 0.3) is 0 Å². The van der Waals surface area contributed by atoms with Gasteiger partial charge in [-0.15, -0.1) is 0 Å². The first-order valence-electron chi connectivity index (χ1n) is 5.98. The highest BCUT2D eigenvalue weighted by molar-refractivity contribution is 9.09. The highest BCUT2D eigenvalue weighted by Crippen LogP contribution is 2.34. The second kappa shape index (κ2) is 5.53. The van der Waals surface area contributed by atoms with Crippen molar-refractivity contribution < 1.29 is 18.0 Å². The molecule has 6 heteroatoms. The smallest absolute Gasteiger partial charge is 0.335 e. The summed E-state index contributed by atoms with van der Waals surface area (Å²) in [6, 6.07) is 5.04. The molecule has 1 amide bonds. The lowest BCUT2D eigenvalue weighted by Crippen LogP contribution is -2.35. The van der Waals surface area contributed by atoms with Crippen molar-refractivity contribution in [1.29, 1.82) is 0 Å². The van der Waals surface area contributed by atoms with Crippen LogP contribution in [0.1, 0.15) is 28.8 Å². The van der Waals surface area contributed by atoms with Crippen molar-refractivity contribution >= 4 is 21.8 Å². The summed E-state index contributed by atoms with van der Waals surface area (Å²) in [5.74, 6) is -0.533. The van der Waals surface area contributed by atoms with E-state index in [0.29, 0.717) is 11.9 Å². The fourth-order valence-electron chi connectivity index (χ4n) is 2.00. The van der Waals surface area contributed by atoms with Crippen LogP contribution in [0.3, 0.4) is 0 Å². The molecule has 0 N–H and O–H groups in total. The molecule has 0 unspecified atom stereocenters. The van der Waals surface area contributed by atoms with E-state index in [2.05, 4.69) is 15.9 Å². The Bertz CT molecular complexity index is 471. The minimum absolute atomic E-state index is 0.0892. The number of amides is 1. The summed E-state index contributed by atoms with van der Waals surface area (Å²) in [6.45, 7) is 0.426. The van der Waals surface area contributed by atoms with Gasteiger partial charge in [0.05, 0.1) is 11.1 Å². The monoisotopic (exact) mass is 335 g/mol. The summed E-state index contributed by atoms with van der Waals surface area (Å²) in [5.41, 5.74) is -1.12. The molecule has 1 aromatic rings. The molecule has 1 fully saturated rings. The van der Waals surface area contributed by atoms with Gasteiger partial charge in [0, 0.05) is 17.9 Å². The third-order valence-corrected chi connectivity index (χ3v) is 3.39. The fourth-order valence-corrected chi connectivity index (χ4v) is 2.38. The van der Waals surface area contributed by atoms with Crippen LogP contribution >= 0.6 is 15.9 Å². The van der Waals surface area contributed by atoms with Crippen molar-refractivity contribution in [1.82, 2.24) is 4.90 Å². The third-order valence-electron chi connectivity index (χ3n) is 3.04. The SMILES string of the molecule is O=C(c1ccccc1C(F)(F)F)N(CCBr)C1CC1. The molecule has 0 atom stereocenters. The topological polar surface area (TPSA) is 20.3 Å². The van der Waals surface area contributed by atoms with Gasteiger partial charge in [-0.25, -0.2) is 0 Å². The van der Waals surface area contributed by atoms with Gasteiger partial charge in [0.1, 0.15) is 0 Å². The van der Waals surface area contributed by atoms with Gasteiger partial charge < -0.3 is 4.90 Å². The van der Waals surface area contributed by atoms with E-state index < -0.39 is 17.6 Å². The van der Waals surface area contributed by atoms with E-state index in [1.807, 2.05) is 0 Å². The van der Waals surface area contributed by atoms with Crippen molar-refractivity contribution in [3.63, 3.8) is 0 Å². The minimum atomic E-state index is -4.50. The molecule has 1 saturated carbocycles. The van der Waals surface area contributed by atoms with Crippen LogP contribution in [0.4, 0.5) is 13.2 Å². The highest BCUT2D eigenvalue weighted by Gasteiger charge is 2.38. The Morgan fingerprint density at radius 1 is 1.32 bits per heavy atom. The molecule has 19 heavy (non-hydrogen) atoms. The first-order valence-corrected chi connectivity index (χ1v) is 7.10. The maximum absolute atomic E-state index is 12.9. The minimum Gasteiger partial charge on any atom is -0.335 e. The fraction of sp³-hybridized carbons (Fsp3) is 0.462. The van der Waals surface area contributed by atoms with E-state index in [1.54, 1.807) is 0 Å². The van der Waals surface area contributed by atoms with Crippen LogP contribution in [0.2, 0.25) is 0 Å². The molecular formula is C13H13BrF3NO. The molecule has 1 aromatic carbocycles. The molecule has 0 saturated heterocycles. The Morgan fingerprint density at radius 3 is 2.47 bits per heavy atom. The first-order chi connectivity index (χ1) is 8.95. The summed E-state index contributed by atoms with van der Waals surface area (Å²) in [7, 11) is 0. The van der Waals surface area contributed by atoms with Gasteiger partial charge in [-0.1, -0.05) is 28.1 Å². The van der Waals surface area contributed by atoms with Crippen LogP contribution in [0, 0.1) is 0 Å². The molecule has 0 spiro atoms. The van der Waals surface area contributed by atoms with Gasteiger partial charge in [-0.3, -0.25) is 4.79 Å². The average molecular weight is 336 g/mol. The molecule has 0 heterocycles. The molecule has 1 aliphatic carbocycles. The van der Waals surface area contributed by atoms with Crippen LogP contribution in [-0.4, -0.2) is 28.7 Å². The number of benzene rings is 1. The maximum Gasteiger partial charge on any atom is 0.417 e. The number of hydrogen-bond acceptors (Lipinski definition) is 1. The van der Waals surface area contributed by atoms with Crippen LogP contribution in [0.15, 0.2) is 24.3 Å². The zero-order chi connectivity index (χ0) is 14.0. The normalized spacial score (nSPS) is 15.4. The Hall–Kier alpha value is -1.04.